The summed E-state index contributed by atoms with van der Waals surface area (Å²) < 4.78 is 12.6. The van der Waals surface area contributed by atoms with E-state index in [0.29, 0.717) is 0 Å². The van der Waals surface area contributed by atoms with Crippen molar-refractivity contribution in [2.24, 2.45) is 0 Å². The summed E-state index contributed by atoms with van der Waals surface area (Å²) in [6.45, 7) is 0. The molecular weight excluding hydrogens is 247 g/mol. The highest BCUT2D eigenvalue weighted by atomic mass is 35.5. The van der Waals surface area contributed by atoms with Gasteiger partial charge in [-0.15, -0.1) is 10.2 Å². The molecule has 7 heteroatoms. The molecule has 0 unspecified atom stereocenters. The van der Waals surface area contributed by atoms with Crippen molar-refractivity contribution in [2.75, 3.05) is 5.32 Å². The van der Waals surface area contributed by atoms with Crippen LogP contribution in [0.3, 0.4) is 0 Å². The minimum absolute atomic E-state index is 0.0863. The lowest BCUT2D eigenvalue weighted by Crippen LogP contribution is -2.14. The van der Waals surface area contributed by atoms with E-state index in [9.17, 15) is 9.18 Å². The first-order chi connectivity index (χ1) is 8.15. The van der Waals surface area contributed by atoms with Gasteiger partial charge in [0.15, 0.2) is 11.0 Å². The van der Waals surface area contributed by atoms with Gasteiger partial charge in [0.05, 0.1) is 6.20 Å². The normalized spacial score (nSPS) is 10.0. The second kappa shape index (κ2) is 4.84. The molecule has 2 heterocycles. The Bertz CT molecular complexity index is 529. The van der Waals surface area contributed by atoms with Crippen molar-refractivity contribution in [2.45, 2.75) is 0 Å². The number of nitrogens with zero attached hydrogens (tertiary/aromatic N) is 3. The molecule has 0 spiro atoms. The summed E-state index contributed by atoms with van der Waals surface area (Å²) in [5, 5.41) is 9.88. The van der Waals surface area contributed by atoms with E-state index in [0.717, 1.165) is 12.3 Å². The molecule has 0 aliphatic rings. The Morgan fingerprint density at radius 1 is 1.24 bits per heavy atom. The number of carbonyl (C=O) groups excluding carboxylic acids is 1. The largest absolute Gasteiger partial charge is 0.304 e. The first kappa shape index (κ1) is 11.4. The maximum Gasteiger partial charge on any atom is 0.275 e. The van der Waals surface area contributed by atoms with Gasteiger partial charge >= 0.3 is 0 Å². The maximum absolute atomic E-state index is 12.6. The Morgan fingerprint density at radius 2 is 2.06 bits per heavy atom. The zero-order valence-electron chi connectivity index (χ0n) is 8.39. The number of nitrogens with one attached hydrogen (secondary N) is 1. The van der Waals surface area contributed by atoms with E-state index in [1.165, 1.54) is 18.2 Å². The number of hydrogen-bond acceptors (Lipinski definition) is 4. The summed E-state index contributed by atoms with van der Waals surface area (Å²) in [5.74, 6) is -0.764. The average Bonchev–Trinajstić information content (AvgIpc) is 2.33. The fourth-order valence-electron chi connectivity index (χ4n) is 1.07. The van der Waals surface area contributed by atoms with E-state index < -0.39 is 11.7 Å². The number of aromatic nitrogens is 3. The number of pyridine rings is 1. The molecule has 0 fully saturated rings. The summed E-state index contributed by atoms with van der Waals surface area (Å²) in [5.41, 5.74) is 0.0863. The van der Waals surface area contributed by atoms with Crippen molar-refractivity contribution in [3.8, 4) is 0 Å². The molecule has 1 amide bonds. The Kier molecular flexibility index (Phi) is 3.24. The predicted octanol–water partition coefficient (Wildman–Crippen LogP) is 1.92. The molecule has 0 aliphatic carbocycles. The third-order valence-electron chi connectivity index (χ3n) is 1.83. The van der Waals surface area contributed by atoms with Crippen molar-refractivity contribution in [1.29, 1.82) is 0 Å². The van der Waals surface area contributed by atoms with Crippen LogP contribution < -0.4 is 5.32 Å². The summed E-state index contributed by atoms with van der Waals surface area (Å²) in [7, 11) is 0. The van der Waals surface area contributed by atoms with Crippen molar-refractivity contribution in [3.63, 3.8) is 0 Å². The fraction of sp³-hybridized carbons (Fsp3) is 0. The standard InChI is InChI=1S/C10H6ClFN4O/c11-8-3-4-9(16-15-8)14-10(17)7-2-1-6(12)5-13-7/h1-5H,(H,14,16,17). The van der Waals surface area contributed by atoms with Gasteiger partial charge < -0.3 is 5.32 Å². The molecule has 0 bridgehead atoms. The van der Waals surface area contributed by atoms with E-state index in [1.54, 1.807) is 0 Å². The van der Waals surface area contributed by atoms with Crippen LogP contribution in [0.15, 0.2) is 30.5 Å². The molecule has 0 saturated heterocycles. The molecular formula is C10H6ClFN4O. The van der Waals surface area contributed by atoms with Crippen LogP contribution in [-0.4, -0.2) is 21.1 Å². The van der Waals surface area contributed by atoms with Crippen LogP contribution in [0, 0.1) is 5.82 Å². The van der Waals surface area contributed by atoms with Gasteiger partial charge in [-0.1, -0.05) is 11.6 Å². The zero-order chi connectivity index (χ0) is 12.3. The predicted molar refractivity (Wildman–Crippen MR) is 59.2 cm³/mol. The Morgan fingerprint density at radius 3 is 2.65 bits per heavy atom. The lowest BCUT2D eigenvalue weighted by Gasteiger charge is -2.02. The summed E-state index contributed by atoms with van der Waals surface area (Å²) in [6, 6.07) is 5.41. The van der Waals surface area contributed by atoms with Gasteiger partial charge in [-0.3, -0.25) is 4.79 Å². The number of amides is 1. The highest BCUT2D eigenvalue weighted by Gasteiger charge is 2.08. The minimum Gasteiger partial charge on any atom is -0.304 e. The molecule has 0 atom stereocenters. The molecule has 0 radical (unpaired) electrons. The van der Waals surface area contributed by atoms with E-state index in [1.807, 2.05) is 0 Å². The van der Waals surface area contributed by atoms with E-state index >= 15 is 0 Å². The van der Waals surface area contributed by atoms with Crippen LogP contribution in [-0.2, 0) is 0 Å². The molecule has 0 aromatic carbocycles. The van der Waals surface area contributed by atoms with Crippen LogP contribution in [0.5, 0.6) is 0 Å². The quantitative estimate of drug-likeness (QED) is 0.887. The first-order valence-corrected chi connectivity index (χ1v) is 4.95. The van der Waals surface area contributed by atoms with Gasteiger partial charge in [-0.25, -0.2) is 9.37 Å². The number of anilines is 1. The van der Waals surface area contributed by atoms with Crippen molar-refractivity contribution >= 4 is 23.3 Å². The van der Waals surface area contributed by atoms with E-state index in [4.69, 9.17) is 11.6 Å². The minimum atomic E-state index is -0.507. The number of halogens is 2. The first-order valence-electron chi connectivity index (χ1n) is 4.57. The van der Waals surface area contributed by atoms with E-state index in [-0.39, 0.29) is 16.7 Å². The maximum atomic E-state index is 12.6. The lowest BCUT2D eigenvalue weighted by atomic mass is 10.3. The van der Waals surface area contributed by atoms with Gasteiger partial charge in [-0.05, 0) is 24.3 Å². The van der Waals surface area contributed by atoms with Gasteiger partial charge in [0, 0.05) is 0 Å². The molecule has 0 aliphatic heterocycles. The average molecular weight is 253 g/mol. The monoisotopic (exact) mass is 252 g/mol. The highest BCUT2D eigenvalue weighted by molar-refractivity contribution is 6.29. The molecule has 2 aromatic heterocycles. The number of rotatable bonds is 2. The van der Waals surface area contributed by atoms with E-state index in [2.05, 4.69) is 20.5 Å². The van der Waals surface area contributed by atoms with Crippen LogP contribution in [0.2, 0.25) is 5.15 Å². The summed E-state index contributed by atoms with van der Waals surface area (Å²) >= 11 is 5.54. The third kappa shape index (κ3) is 2.94. The Labute approximate surface area is 101 Å². The summed E-state index contributed by atoms with van der Waals surface area (Å²) in [4.78, 5) is 15.2. The SMILES string of the molecule is O=C(Nc1ccc(Cl)nn1)c1ccc(F)cn1. The topological polar surface area (TPSA) is 67.8 Å². The fourth-order valence-corrected chi connectivity index (χ4v) is 1.17. The third-order valence-corrected chi connectivity index (χ3v) is 2.04. The lowest BCUT2D eigenvalue weighted by molar-refractivity contribution is 0.102. The van der Waals surface area contributed by atoms with Crippen LogP contribution in [0.1, 0.15) is 10.5 Å². The Hall–Kier alpha value is -2.08. The molecule has 1 N–H and O–H groups in total. The van der Waals surface area contributed by atoms with Crippen LogP contribution in [0.25, 0.3) is 0 Å². The van der Waals surface area contributed by atoms with Crippen molar-refractivity contribution < 1.29 is 9.18 Å². The second-order valence-corrected chi connectivity index (χ2v) is 3.44. The van der Waals surface area contributed by atoms with Crippen molar-refractivity contribution in [3.05, 3.63) is 47.1 Å². The highest BCUT2D eigenvalue weighted by Crippen LogP contribution is 2.07. The Balaban J connectivity index is 2.11. The second-order valence-electron chi connectivity index (χ2n) is 3.06. The molecule has 5 nitrogen and oxygen atoms in total. The smallest absolute Gasteiger partial charge is 0.275 e. The molecule has 2 rings (SSSR count). The summed E-state index contributed by atoms with van der Waals surface area (Å²) in [6.07, 6.45) is 0.961. The van der Waals surface area contributed by atoms with Gasteiger partial charge in [0.2, 0.25) is 0 Å². The molecule has 86 valence electrons. The molecule has 2 aromatic rings. The zero-order valence-corrected chi connectivity index (χ0v) is 9.15. The van der Waals surface area contributed by atoms with Crippen molar-refractivity contribution in [1.82, 2.24) is 15.2 Å². The number of hydrogen-bond donors (Lipinski definition) is 1. The van der Waals surface area contributed by atoms with Crippen LogP contribution in [0.4, 0.5) is 10.2 Å². The van der Waals surface area contributed by atoms with Crippen LogP contribution >= 0.6 is 11.6 Å². The van der Waals surface area contributed by atoms with Gasteiger partial charge in [0.1, 0.15) is 11.5 Å². The molecule has 17 heavy (non-hydrogen) atoms. The van der Waals surface area contributed by atoms with Gasteiger partial charge in [0.25, 0.3) is 5.91 Å². The molecule has 0 saturated carbocycles. The number of carbonyl (C=O) groups is 1. The van der Waals surface area contributed by atoms with Gasteiger partial charge in [-0.2, -0.15) is 0 Å².